The highest BCUT2D eigenvalue weighted by Gasteiger charge is 2.12. The first-order valence-electron chi connectivity index (χ1n) is 7.00. The second-order valence-corrected chi connectivity index (χ2v) is 5.00. The fourth-order valence-electron chi connectivity index (χ4n) is 2.47. The SMILES string of the molecule is O=C(O)c1cccc(-c2cccc(N3CCNCC3)n2)c1. The van der Waals surface area contributed by atoms with Crippen molar-refractivity contribution in [3.05, 3.63) is 48.0 Å². The van der Waals surface area contributed by atoms with Gasteiger partial charge in [-0.2, -0.15) is 0 Å². The molecule has 0 spiro atoms. The molecule has 108 valence electrons. The van der Waals surface area contributed by atoms with Gasteiger partial charge >= 0.3 is 5.97 Å². The van der Waals surface area contributed by atoms with Crippen molar-refractivity contribution in [2.24, 2.45) is 0 Å². The van der Waals surface area contributed by atoms with Crippen LogP contribution in [0.3, 0.4) is 0 Å². The molecule has 0 atom stereocenters. The Bertz CT molecular complexity index is 651. The molecule has 1 fully saturated rings. The quantitative estimate of drug-likeness (QED) is 0.900. The molecular weight excluding hydrogens is 266 g/mol. The van der Waals surface area contributed by atoms with E-state index in [1.54, 1.807) is 18.2 Å². The maximum absolute atomic E-state index is 11.1. The Morgan fingerprint density at radius 1 is 1.14 bits per heavy atom. The first kappa shape index (κ1) is 13.6. The Balaban J connectivity index is 1.92. The highest BCUT2D eigenvalue weighted by atomic mass is 16.4. The first-order chi connectivity index (χ1) is 10.2. The van der Waals surface area contributed by atoms with Crippen molar-refractivity contribution < 1.29 is 9.90 Å². The molecule has 0 aliphatic carbocycles. The number of carbonyl (C=O) groups is 1. The maximum Gasteiger partial charge on any atom is 0.335 e. The van der Waals surface area contributed by atoms with Gasteiger partial charge in [-0.3, -0.25) is 0 Å². The number of hydrogen-bond donors (Lipinski definition) is 2. The molecule has 0 unspecified atom stereocenters. The molecule has 0 radical (unpaired) electrons. The van der Waals surface area contributed by atoms with Crippen molar-refractivity contribution >= 4 is 11.8 Å². The summed E-state index contributed by atoms with van der Waals surface area (Å²) >= 11 is 0. The zero-order valence-corrected chi connectivity index (χ0v) is 11.6. The van der Waals surface area contributed by atoms with Crippen molar-refractivity contribution in [3.63, 3.8) is 0 Å². The molecule has 2 aromatic rings. The van der Waals surface area contributed by atoms with E-state index in [9.17, 15) is 4.79 Å². The lowest BCUT2D eigenvalue weighted by molar-refractivity contribution is 0.0697. The number of carboxylic acid groups (broad SMARTS) is 1. The van der Waals surface area contributed by atoms with Gasteiger partial charge in [-0.15, -0.1) is 0 Å². The number of nitrogens with one attached hydrogen (secondary N) is 1. The maximum atomic E-state index is 11.1. The standard InChI is InChI=1S/C16H17N3O2/c20-16(21)13-4-1-3-12(11-13)14-5-2-6-15(18-14)19-9-7-17-8-10-19/h1-6,11,17H,7-10H2,(H,20,21). The van der Waals surface area contributed by atoms with Crippen LogP contribution in [0.5, 0.6) is 0 Å². The van der Waals surface area contributed by atoms with Crippen LogP contribution in [-0.4, -0.2) is 42.2 Å². The van der Waals surface area contributed by atoms with E-state index < -0.39 is 5.97 Å². The van der Waals surface area contributed by atoms with Gasteiger partial charge in [0.1, 0.15) is 5.82 Å². The van der Waals surface area contributed by atoms with Gasteiger partial charge in [0.05, 0.1) is 11.3 Å². The number of anilines is 1. The van der Waals surface area contributed by atoms with E-state index in [4.69, 9.17) is 5.11 Å². The number of pyridine rings is 1. The zero-order chi connectivity index (χ0) is 14.7. The number of aromatic nitrogens is 1. The van der Waals surface area contributed by atoms with Gasteiger partial charge in [0.25, 0.3) is 0 Å². The Morgan fingerprint density at radius 3 is 2.67 bits per heavy atom. The van der Waals surface area contributed by atoms with Crippen LogP contribution in [-0.2, 0) is 0 Å². The number of carboxylic acids is 1. The fraction of sp³-hybridized carbons (Fsp3) is 0.250. The number of benzene rings is 1. The molecule has 1 saturated heterocycles. The topological polar surface area (TPSA) is 65.5 Å². The third-order valence-electron chi connectivity index (χ3n) is 3.58. The summed E-state index contributed by atoms with van der Waals surface area (Å²) in [5.41, 5.74) is 1.91. The van der Waals surface area contributed by atoms with Crippen LogP contribution >= 0.6 is 0 Å². The van der Waals surface area contributed by atoms with E-state index in [1.165, 1.54) is 0 Å². The highest BCUT2D eigenvalue weighted by molar-refractivity contribution is 5.89. The predicted molar refractivity (Wildman–Crippen MR) is 81.7 cm³/mol. The van der Waals surface area contributed by atoms with Crippen LogP contribution < -0.4 is 10.2 Å². The van der Waals surface area contributed by atoms with Crippen molar-refractivity contribution in [1.29, 1.82) is 0 Å². The van der Waals surface area contributed by atoms with Crippen molar-refractivity contribution in [2.45, 2.75) is 0 Å². The average Bonchev–Trinajstić information content (AvgIpc) is 2.56. The predicted octanol–water partition coefficient (Wildman–Crippen LogP) is 1.86. The lowest BCUT2D eigenvalue weighted by Gasteiger charge is -2.28. The molecule has 0 saturated carbocycles. The van der Waals surface area contributed by atoms with Crippen LogP contribution in [0, 0.1) is 0 Å². The number of aromatic carboxylic acids is 1. The molecule has 1 aromatic heterocycles. The fourth-order valence-corrected chi connectivity index (χ4v) is 2.47. The van der Waals surface area contributed by atoms with E-state index in [2.05, 4.69) is 15.2 Å². The summed E-state index contributed by atoms with van der Waals surface area (Å²) in [6, 6.07) is 12.8. The summed E-state index contributed by atoms with van der Waals surface area (Å²) < 4.78 is 0. The van der Waals surface area contributed by atoms with Gasteiger partial charge in [0.15, 0.2) is 0 Å². The smallest absolute Gasteiger partial charge is 0.335 e. The van der Waals surface area contributed by atoms with E-state index in [1.807, 2.05) is 24.3 Å². The Labute approximate surface area is 123 Å². The molecule has 5 nitrogen and oxygen atoms in total. The van der Waals surface area contributed by atoms with E-state index in [0.717, 1.165) is 43.3 Å². The van der Waals surface area contributed by atoms with Crippen LogP contribution in [0.2, 0.25) is 0 Å². The first-order valence-corrected chi connectivity index (χ1v) is 7.00. The Morgan fingerprint density at radius 2 is 1.90 bits per heavy atom. The van der Waals surface area contributed by atoms with Gasteiger partial charge in [-0.25, -0.2) is 9.78 Å². The Hall–Kier alpha value is -2.40. The average molecular weight is 283 g/mol. The molecule has 3 rings (SSSR count). The van der Waals surface area contributed by atoms with Gasteiger partial charge in [-0.1, -0.05) is 18.2 Å². The normalized spacial score (nSPS) is 15.0. The lowest BCUT2D eigenvalue weighted by atomic mass is 10.1. The van der Waals surface area contributed by atoms with Crippen LogP contribution in [0.25, 0.3) is 11.3 Å². The van der Waals surface area contributed by atoms with E-state index in [-0.39, 0.29) is 5.56 Å². The summed E-state index contributed by atoms with van der Waals surface area (Å²) in [6.07, 6.45) is 0. The molecule has 21 heavy (non-hydrogen) atoms. The molecule has 2 heterocycles. The largest absolute Gasteiger partial charge is 0.478 e. The second-order valence-electron chi connectivity index (χ2n) is 5.00. The minimum atomic E-state index is -0.921. The number of piperazine rings is 1. The molecule has 2 N–H and O–H groups in total. The zero-order valence-electron chi connectivity index (χ0n) is 11.6. The van der Waals surface area contributed by atoms with Crippen LogP contribution in [0.1, 0.15) is 10.4 Å². The lowest BCUT2D eigenvalue weighted by Crippen LogP contribution is -2.43. The molecule has 0 amide bonds. The molecule has 1 aliphatic rings. The van der Waals surface area contributed by atoms with Crippen LogP contribution in [0.4, 0.5) is 5.82 Å². The molecule has 5 heteroatoms. The monoisotopic (exact) mass is 283 g/mol. The molecule has 1 aromatic carbocycles. The highest BCUT2D eigenvalue weighted by Crippen LogP contribution is 2.22. The minimum absolute atomic E-state index is 0.280. The van der Waals surface area contributed by atoms with Crippen molar-refractivity contribution in [2.75, 3.05) is 31.1 Å². The summed E-state index contributed by atoms with van der Waals surface area (Å²) in [4.78, 5) is 18.0. The van der Waals surface area contributed by atoms with Gasteiger partial charge in [0, 0.05) is 31.7 Å². The van der Waals surface area contributed by atoms with Gasteiger partial charge < -0.3 is 15.3 Å². The van der Waals surface area contributed by atoms with Gasteiger partial charge in [-0.05, 0) is 24.3 Å². The second kappa shape index (κ2) is 5.93. The van der Waals surface area contributed by atoms with Crippen LogP contribution in [0.15, 0.2) is 42.5 Å². The number of rotatable bonds is 3. The summed E-state index contributed by atoms with van der Waals surface area (Å²) in [5, 5.41) is 12.4. The summed E-state index contributed by atoms with van der Waals surface area (Å²) in [7, 11) is 0. The third kappa shape index (κ3) is 3.03. The van der Waals surface area contributed by atoms with Crippen molar-refractivity contribution in [3.8, 4) is 11.3 Å². The molecule has 1 aliphatic heterocycles. The number of nitrogens with zero attached hydrogens (tertiary/aromatic N) is 2. The summed E-state index contributed by atoms with van der Waals surface area (Å²) in [5.74, 6) is 0.0184. The summed E-state index contributed by atoms with van der Waals surface area (Å²) in [6.45, 7) is 3.79. The third-order valence-corrected chi connectivity index (χ3v) is 3.58. The molecular formula is C16H17N3O2. The number of hydrogen-bond acceptors (Lipinski definition) is 4. The van der Waals surface area contributed by atoms with E-state index >= 15 is 0 Å². The minimum Gasteiger partial charge on any atom is -0.478 e. The van der Waals surface area contributed by atoms with Crippen molar-refractivity contribution in [1.82, 2.24) is 10.3 Å². The Kier molecular flexibility index (Phi) is 3.83. The molecule has 0 bridgehead atoms. The van der Waals surface area contributed by atoms with E-state index in [0.29, 0.717) is 0 Å². The van der Waals surface area contributed by atoms with Gasteiger partial charge in [0.2, 0.25) is 0 Å².